The minimum absolute atomic E-state index is 0.0228. The molecule has 0 aromatic carbocycles. The van der Waals surface area contributed by atoms with Crippen molar-refractivity contribution in [3.8, 4) is 0 Å². The van der Waals surface area contributed by atoms with E-state index in [1.807, 2.05) is 0 Å². The Balaban J connectivity index is 1.61. The van der Waals surface area contributed by atoms with Crippen LogP contribution in [0.3, 0.4) is 0 Å². The van der Waals surface area contributed by atoms with E-state index in [4.69, 9.17) is 4.74 Å². The molecule has 0 amide bonds. The normalized spacial score (nSPS) is 43.6. The van der Waals surface area contributed by atoms with E-state index in [2.05, 4.69) is 67.5 Å². The van der Waals surface area contributed by atoms with Crippen molar-refractivity contribution in [2.45, 2.75) is 126 Å². The van der Waals surface area contributed by atoms with E-state index < -0.39 is 0 Å². The molecule has 0 N–H and O–H groups in total. The van der Waals surface area contributed by atoms with E-state index in [1.54, 1.807) is 12.5 Å². The van der Waals surface area contributed by atoms with Crippen LogP contribution in [0.1, 0.15) is 120 Å². The fourth-order valence-corrected chi connectivity index (χ4v) is 9.86. The van der Waals surface area contributed by atoms with Gasteiger partial charge in [0.1, 0.15) is 6.10 Å². The van der Waals surface area contributed by atoms with Gasteiger partial charge in [0.15, 0.2) is 0 Å². The molecule has 0 spiro atoms. The van der Waals surface area contributed by atoms with Gasteiger partial charge < -0.3 is 4.74 Å². The molecule has 2 nitrogen and oxygen atoms in total. The quantitative estimate of drug-likeness (QED) is 0.297. The third-order valence-electron chi connectivity index (χ3n) is 12.0. The highest BCUT2D eigenvalue weighted by molar-refractivity contribution is 5.66. The Hall–Kier alpha value is -1.05. The molecule has 0 aliphatic heterocycles. The van der Waals surface area contributed by atoms with Gasteiger partial charge in [-0.25, -0.2) is 0 Å². The maximum absolute atomic E-state index is 11.8. The van der Waals surface area contributed by atoms with Crippen LogP contribution in [0.4, 0.5) is 0 Å². The van der Waals surface area contributed by atoms with Crippen molar-refractivity contribution in [2.75, 3.05) is 0 Å². The molecule has 34 heavy (non-hydrogen) atoms. The summed E-state index contributed by atoms with van der Waals surface area (Å²) in [6.07, 6.45) is 16.6. The average Bonchev–Trinajstić information content (AvgIpc) is 3.01. The Morgan fingerprint density at radius 3 is 2.38 bits per heavy atom. The van der Waals surface area contributed by atoms with Gasteiger partial charge in [-0.3, -0.25) is 4.79 Å². The number of carbonyl (C=O) groups is 1. The van der Waals surface area contributed by atoms with E-state index in [-0.39, 0.29) is 17.5 Å². The van der Waals surface area contributed by atoms with E-state index >= 15 is 0 Å². The summed E-state index contributed by atoms with van der Waals surface area (Å²) in [7, 11) is 0. The van der Waals surface area contributed by atoms with Crippen LogP contribution in [0, 0.1) is 45.3 Å². The lowest BCUT2D eigenvalue weighted by molar-refractivity contribution is -0.162. The summed E-state index contributed by atoms with van der Waals surface area (Å²) >= 11 is 0. The van der Waals surface area contributed by atoms with Gasteiger partial charge in [0, 0.05) is 12.3 Å². The second-order valence-corrected chi connectivity index (χ2v) is 14.2. The number of allylic oxidation sites excluding steroid dienone is 3. The SMILES string of the molecule is CC(=O)O[C@H]1CC[C@@H]2C(=CC[C@@H]3[C@@]2(C)CC[C@]2(C)[C@@H]([C@H](C)CCC=C(C)C)CC[C@@]32C)C1(C)C. The number of carbonyl (C=O) groups excluding carboxylic acids is 1. The molecule has 0 heterocycles. The molecule has 0 aromatic heterocycles. The maximum Gasteiger partial charge on any atom is 0.302 e. The predicted molar refractivity (Wildman–Crippen MR) is 142 cm³/mol. The summed E-state index contributed by atoms with van der Waals surface area (Å²) < 4.78 is 5.83. The van der Waals surface area contributed by atoms with Gasteiger partial charge in [-0.1, -0.05) is 64.8 Å². The van der Waals surface area contributed by atoms with E-state index in [9.17, 15) is 4.79 Å². The van der Waals surface area contributed by atoms with Crippen LogP contribution in [-0.2, 0) is 9.53 Å². The summed E-state index contributed by atoms with van der Waals surface area (Å²) in [5.74, 6) is 2.94. The lowest BCUT2D eigenvalue weighted by Gasteiger charge is -2.66. The minimum atomic E-state index is -0.131. The summed E-state index contributed by atoms with van der Waals surface area (Å²) in [4.78, 5) is 11.8. The zero-order valence-electron chi connectivity index (χ0n) is 23.7. The fraction of sp³-hybridized carbons (Fsp3) is 0.844. The van der Waals surface area contributed by atoms with Gasteiger partial charge in [0.05, 0.1) is 0 Å². The van der Waals surface area contributed by atoms with Crippen LogP contribution >= 0.6 is 0 Å². The van der Waals surface area contributed by atoms with Gasteiger partial charge in [0.2, 0.25) is 0 Å². The molecule has 2 heteroatoms. The number of ether oxygens (including phenoxy) is 1. The van der Waals surface area contributed by atoms with Crippen molar-refractivity contribution >= 4 is 5.97 Å². The van der Waals surface area contributed by atoms with Crippen LogP contribution < -0.4 is 0 Å². The lowest BCUT2D eigenvalue weighted by Crippen LogP contribution is -2.59. The Bertz CT molecular complexity index is 860. The molecule has 8 atom stereocenters. The van der Waals surface area contributed by atoms with Crippen molar-refractivity contribution in [1.29, 1.82) is 0 Å². The molecule has 0 aromatic rings. The van der Waals surface area contributed by atoms with Crippen molar-refractivity contribution in [3.05, 3.63) is 23.3 Å². The zero-order valence-corrected chi connectivity index (χ0v) is 23.7. The van der Waals surface area contributed by atoms with Gasteiger partial charge in [-0.15, -0.1) is 0 Å². The second-order valence-electron chi connectivity index (χ2n) is 14.2. The zero-order chi connectivity index (χ0) is 25.1. The third kappa shape index (κ3) is 3.85. The Labute approximate surface area is 210 Å². The van der Waals surface area contributed by atoms with Crippen LogP contribution in [0.2, 0.25) is 0 Å². The maximum atomic E-state index is 11.8. The smallest absolute Gasteiger partial charge is 0.302 e. The number of rotatable bonds is 5. The molecular weight excluding hydrogens is 416 g/mol. The molecule has 3 fully saturated rings. The molecule has 0 bridgehead atoms. The number of hydrogen-bond acceptors (Lipinski definition) is 2. The van der Waals surface area contributed by atoms with Crippen molar-refractivity contribution < 1.29 is 9.53 Å². The molecule has 4 rings (SSSR count). The predicted octanol–water partition coefficient (Wildman–Crippen LogP) is 8.91. The molecule has 192 valence electrons. The summed E-state index contributed by atoms with van der Waals surface area (Å²) in [6, 6.07) is 0. The largest absolute Gasteiger partial charge is 0.462 e. The summed E-state index contributed by atoms with van der Waals surface area (Å²) in [5.41, 5.74) is 4.25. The molecule has 0 radical (unpaired) electrons. The Morgan fingerprint density at radius 2 is 1.74 bits per heavy atom. The first-order chi connectivity index (χ1) is 15.8. The highest BCUT2D eigenvalue weighted by Gasteiger charge is 2.67. The van der Waals surface area contributed by atoms with E-state index in [0.29, 0.717) is 22.2 Å². The molecule has 3 saturated carbocycles. The lowest BCUT2D eigenvalue weighted by atomic mass is 9.39. The molecule has 0 saturated heterocycles. The van der Waals surface area contributed by atoms with Crippen LogP contribution in [0.15, 0.2) is 23.3 Å². The first-order valence-corrected chi connectivity index (χ1v) is 14.3. The van der Waals surface area contributed by atoms with Crippen molar-refractivity contribution in [3.63, 3.8) is 0 Å². The number of hydrogen-bond donors (Lipinski definition) is 0. The van der Waals surface area contributed by atoms with Crippen LogP contribution in [-0.4, -0.2) is 12.1 Å². The Kier molecular flexibility index (Phi) is 6.74. The van der Waals surface area contributed by atoms with Crippen LogP contribution in [0.25, 0.3) is 0 Å². The standard InChI is InChI=1S/C32H52O2/c1-21(2)11-10-12-22(3)24-17-18-32(9)27-15-13-25-26(30(27,7)19-20-31(24,32)8)14-16-28(29(25,5)6)34-23(4)33/h11,13,22,24,26-28H,10,12,14-20H2,1-9H3/t22-,24-,26-,27-,28+,30+,31-,32+/m1/s1. The topological polar surface area (TPSA) is 26.3 Å². The minimum Gasteiger partial charge on any atom is -0.462 e. The number of esters is 1. The molecule has 4 aliphatic carbocycles. The van der Waals surface area contributed by atoms with E-state index in [0.717, 1.165) is 24.2 Å². The average molecular weight is 469 g/mol. The summed E-state index contributed by atoms with van der Waals surface area (Å²) in [6.45, 7) is 21.2. The van der Waals surface area contributed by atoms with Gasteiger partial charge in [-0.05, 0) is 112 Å². The Morgan fingerprint density at radius 1 is 1.03 bits per heavy atom. The molecule has 4 aliphatic rings. The van der Waals surface area contributed by atoms with Crippen molar-refractivity contribution in [2.24, 2.45) is 45.3 Å². The first-order valence-electron chi connectivity index (χ1n) is 14.3. The third-order valence-corrected chi connectivity index (χ3v) is 12.0. The van der Waals surface area contributed by atoms with Gasteiger partial charge >= 0.3 is 5.97 Å². The highest BCUT2D eigenvalue weighted by Crippen LogP contribution is 2.75. The molecular formula is C32H52O2. The van der Waals surface area contributed by atoms with Crippen LogP contribution in [0.5, 0.6) is 0 Å². The van der Waals surface area contributed by atoms with Gasteiger partial charge in [-0.2, -0.15) is 0 Å². The monoisotopic (exact) mass is 468 g/mol. The van der Waals surface area contributed by atoms with Crippen molar-refractivity contribution in [1.82, 2.24) is 0 Å². The first kappa shape index (κ1) is 26.0. The highest BCUT2D eigenvalue weighted by atomic mass is 16.5. The van der Waals surface area contributed by atoms with Gasteiger partial charge in [0.25, 0.3) is 0 Å². The number of fused-ring (bicyclic) bond motifs is 5. The summed E-state index contributed by atoms with van der Waals surface area (Å²) in [5, 5.41) is 0. The fourth-order valence-electron chi connectivity index (χ4n) is 9.86. The molecule has 0 unspecified atom stereocenters. The second kappa shape index (κ2) is 8.81. The van der Waals surface area contributed by atoms with E-state index in [1.165, 1.54) is 56.9 Å².